The zero-order valence-corrected chi connectivity index (χ0v) is 18.4. The van der Waals surface area contributed by atoms with Crippen molar-refractivity contribution in [3.05, 3.63) is 94.3 Å². The van der Waals surface area contributed by atoms with E-state index in [4.69, 9.17) is 21.1 Å². The van der Waals surface area contributed by atoms with Crippen molar-refractivity contribution in [2.24, 2.45) is 0 Å². The van der Waals surface area contributed by atoms with E-state index in [2.05, 4.69) is 5.32 Å². The van der Waals surface area contributed by atoms with E-state index in [0.29, 0.717) is 30.2 Å². The quantitative estimate of drug-likeness (QED) is 0.373. The zero-order chi connectivity index (χ0) is 20.5. The minimum atomic E-state index is -0.274. The Labute approximate surface area is 188 Å². The molecule has 1 N–H and O–H groups in total. The average Bonchev–Trinajstić information content (AvgIpc) is 2.73. The molecule has 0 aliphatic carbocycles. The predicted octanol–water partition coefficient (Wildman–Crippen LogP) is 6.21. The summed E-state index contributed by atoms with van der Waals surface area (Å²) in [6.07, 6.45) is 0.897. The molecule has 160 valence electrons. The molecule has 0 radical (unpaired) electrons. The van der Waals surface area contributed by atoms with Gasteiger partial charge in [0.1, 0.15) is 12.4 Å². The summed E-state index contributed by atoms with van der Waals surface area (Å²) in [5.74, 6) is 1.04. The van der Waals surface area contributed by atoms with Crippen LogP contribution in [0.1, 0.15) is 23.6 Å². The standard InChI is InChI=1S/C24H25ClFNO2.ClH/c1-2-28-23-9-5-7-19(16-27-15-14-18-10-12-21(25)13-11-18)24(23)29-17-20-6-3-4-8-22(20)26;/h3-13,27H,2,14-17H2,1H3;1H. The number of halogens is 3. The molecule has 0 aromatic heterocycles. The molecule has 0 spiro atoms. The molecule has 0 atom stereocenters. The predicted molar refractivity (Wildman–Crippen MR) is 122 cm³/mol. The van der Waals surface area contributed by atoms with Crippen molar-refractivity contribution in [3.8, 4) is 11.5 Å². The lowest BCUT2D eigenvalue weighted by Crippen LogP contribution is -2.17. The Morgan fingerprint density at radius 1 is 0.900 bits per heavy atom. The Morgan fingerprint density at radius 3 is 2.37 bits per heavy atom. The second-order valence-corrected chi connectivity index (χ2v) is 7.05. The van der Waals surface area contributed by atoms with Gasteiger partial charge in [0.05, 0.1) is 6.61 Å². The first-order valence-electron chi connectivity index (χ1n) is 9.73. The summed E-state index contributed by atoms with van der Waals surface area (Å²) in [5, 5.41) is 4.18. The van der Waals surface area contributed by atoms with Crippen LogP contribution in [0.15, 0.2) is 66.7 Å². The highest BCUT2D eigenvalue weighted by Crippen LogP contribution is 2.32. The molecule has 0 heterocycles. The van der Waals surface area contributed by atoms with Crippen LogP contribution in [0.2, 0.25) is 5.02 Å². The number of nitrogens with one attached hydrogen (secondary N) is 1. The molecule has 3 aromatic rings. The summed E-state index contributed by atoms with van der Waals surface area (Å²) in [6, 6.07) is 20.3. The second kappa shape index (κ2) is 12.4. The van der Waals surface area contributed by atoms with Gasteiger partial charge in [0.15, 0.2) is 11.5 Å². The van der Waals surface area contributed by atoms with Crippen molar-refractivity contribution in [1.82, 2.24) is 5.32 Å². The first-order valence-corrected chi connectivity index (χ1v) is 10.1. The first-order chi connectivity index (χ1) is 14.2. The van der Waals surface area contributed by atoms with Gasteiger partial charge in [-0.1, -0.05) is 54.1 Å². The van der Waals surface area contributed by atoms with E-state index in [-0.39, 0.29) is 24.8 Å². The number of ether oxygens (including phenoxy) is 2. The van der Waals surface area contributed by atoms with E-state index >= 15 is 0 Å². The van der Waals surface area contributed by atoms with Crippen LogP contribution in [0.25, 0.3) is 0 Å². The summed E-state index contributed by atoms with van der Waals surface area (Å²) in [6.45, 7) is 4.05. The van der Waals surface area contributed by atoms with Crippen molar-refractivity contribution in [2.45, 2.75) is 26.5 Å². The van der Waals surface area contributed by atoms with Crippen LogP contribution in [0.4, 0.5) is 4.39 Å². The van der Waals surface area contributed by atoms with Crippen molar-refractivity contribution in [1.29, 1.82) is 0 Å². The molecule has 30 heavy (non-hydrogen) atoms. The topological polar surface area (TPSA) is 30.5 Å². The summed E-state index contributed by atoms with van der Waals surface area (Å²) in [4.78, 5) is 0. The van der Waals surface area contributed by atoms with Gasteiger partial charge in [0.25, 0.3) is 0 Å². The summed E-state index contributed by atoms with van der Waals surface area (Å²) < 4.78 is 25.7. The summed E-state index contributed by atoms with van der Waals surface area (Å²) in [7, 11) is 0. The lowest BCUT2D eigenvalue weighted by molar-refractivity contribution is 0.262. The third kappa shape index (κ3) is 6.91. The van der Waals surface area contributed by atoms with Crippen molar-refractivity contribution < 1.29 is 13.9 Å². The van der Waals surface area contributed by atoms with Crippen LogP contribution in [0.3, 0.4) is 0 Å². The largest absolute Gasteiger partial charge is 0.490 e. The number of rotatable bonds is 10. The van der Waals surface area contributed by atoms with Gasteiger partial charge in [0.2, 0.25) is 0 Å². The lowest BCUT2D eigenvalue weighted by atomic mass is 10.1. The molecule has 3 nitrogen and oxygen atoms in total. The number of hydrogen-bond donors (Lipinski definition) is 1. The smallest absolute Gasteiger partial charge is 0.166 e. The molecule has 0 aliphatic heterocycles. The molecular formula is C24H26Cl2FNO2. The van der Waals surface area contributed by atoms with Gasteiger partial charge >= 0.3 is 0 Å². The molecule has 0 saturated carbocycles. The van der Waals surface area contributed by atoms with E-state index < -0.39 is 0 Å². The lowest BCUT2D eigenvalue weighted by Gasteiger charge is -2.17. The van der Waals surface area contributed by atoms with Crippen molar-refractivity contribution in [3.63, 3.8) is 0 Å². The number of hydrogen-bond acceptors (Lipinski definition) is 3. The van der Waals surface area contributed by atoms with E-state index in [1.165, 1.54) is 11.6 Å². The fourth-order valence-electron chi connectivity index (χ4n) is 3.01. The monoisotopic (exact) mass is 449 g/mol. The summed E-state index contributed by atoms with van der Waals surface area (Å²) in [5.41, 5.74) is 2.71. The van der Waals surface area contributed by atoms with Gasteiger partial charge in [-0.2, -0.15) is 0 Å². The minimum absolute atomic E-state index is 0. The number of para-hydroxylation sites is 1. The van der Waals surface area contributed by atoms with Gasteiger partial charge in [0, 0.05) is 22.7 Å². The average molecular weight is 450 g/mol. The Balaban J connectivity index is 0.00000320. The maximum absolute atomic E-state index is 13.9. The van der Waals surface area contributed by atoms with Crippen LogP contribution < -0.4 is 14.8 Å². The molecular weight excluding hydrogens is 424 g/mol. The minimum Gasteiger partial charge on any atom is -0.490 e. The third-order valence-electron chi connectivity index (χ3n) is 4.51. The highest BCUT2D eigenvalue weighted by molar-refractivity contribution is 6.30. The Hall–Kier alpha value is -2.27. The van der Waals surface area contributed by atoms with Gasteiger partial charge in [-0.05, 0) is 49.7 Å². The van der Waals surface area contributed by atoms with Crippen LogP contribution in [-0.2, 0) is 19.6 Å². The Bertz CT molecular complexity index is 919. The highest BCUT2D eigenvalue weighted by atomic mass is 35.5. The highest BCUT2D eigenvalue weighted by Gasteiger charge is 2.12. The maximum atomic E-state index is 13.9. The van der Waals surface area contributed by atoms with Crippen LogP contribution >= 0.6 is 24.0 Å². The number of benzene rings is 3. The van der Waals surface area contributed by atoms with E-state index in [0.717, 1.165) is 23.6 Å². The second-order valence-electron chi connectivity index (χ2n) is 6.61. The fourth-order valence-corrected chi connectivity index (χ4v) is 3.13. The van der Waals surface area contributed by atoms with E-state index in [1.54, 1.807) is 18.2 Å². The third-order valence-corrected chi connectivity index (χ3v) is 4.76. The molecule has 0 unspecified atom stereocenters. The normalized spacial score (nSPS) is 10.4. The molecule has 0 fully saturated rings. The SMILES string of the molecule is CCOc1cccc(CNCCc2ccc(Cl)cc2)c1OCc1ccccc1F.Cl. The van der Waals surface area contributed by atoms with E-state index in [1.807, 2.05) is 49.4 Å². The fraction of sp³-hybridized carbons (Fsp3) is 0.250. The van der Waals surface area contributed by atoms with Crippen LogP contribution in [0, 0.1) is 5.82 Å². The van der Waals surface area contributed by atoms with Crippen molar-refractivity contribution in [2.75, 3.05) is 13.2 Å². The molecule has 3 rings (SSSR count). The van der Waals surface area contributed by atoms with Gasteiger partial charge in [-0.25, -0.2) is 4.39 Å². The molecule has 0 saturated heterocycles. The van der Waals surface area contributed by atoms with E-state index in [9.17, 15) is 4.39 Å². The molecule has 0 aliphatic rings. The molecule has 3 aromatic carbocycles. The molecule has 0 bridgehead atoms. The molecule has 0 amide bonds. The maximum Gasteiger partial charge on any atom is 0.166 e. The Kier molecular flexibility index (Phi) is 9.95. The van der Waals surface area contributed by atoms with Gasteiger partial charge < -0.3 is 14.8 Å². The van der Waals surface area contributed by atoms with Gasteiger partial charge in [-0.15, -0.1) is 12.4 Å². The summed E-state index contributed by atoms with van der Waals surface area (Å²) >= 11 is 5.93. The molecule has 6 heteroatoms. The first kappa shape index (κ1) is 24.0. The van der Waals surface area contributed by atoms with Gasteiger partial charge in [-0.3, -0.25) is 0 Å². The van der Waals surface area contributed by atoms with Crippen LogP contribution in [0.5, 0.6) is 11.5 Å². The van der Waals surface area contributed by atoms with Crippen LogP contribution in [-0.4, -0.2) is 13.2 Å². The van der Waals surface area contributed by atoms with Crippen molar-refractivity contribution >= 4 is 24.0 Å². The Morgan fingerprint density at radius 2 is 1.63 bits per heavy atom. The zero-order valence-electron chi connectivity index (χ0n) is 16.9.